The van der Waals surface area contributed by atoms with Crippen molar-refractivity contribution in [2.75, 3.05) is 51.1 Å². The maximum atomic E-state index is 12.6. The lowest BCUT2D eigenvalue weighted by Crippen LogP contribution is -2.54. The van der Waals surface area contributed by atoms with Crippen LogP contribution in [0.4, 0.5) is 5.69 Å². The molecule has 1 aliphatic heterocycles. The van der Waals surface area contributed by atoms with Gasteiger partial charge in [-0.1, -0.05) is 17.7 Å². The van der Waals surface area contributed by atoms with Gasteiger partial charge in [0.15, 0.2) is 0 Å². The minimum atomic E-state index is -0.189. The largest absolute Gasteiger partial charge is 0.342 e. The minimum Gasteiger partial charge on any atom is -0.342 e. The topological polar surface area (TPSA) is 55.9 Å². The average molecular weight is 375 g/mol. The third kappa shape index (κ3) is 5.78. The van der Waals surface area contributed by atoms with Crippen molar-refractivity contribution in [1.29, 1.82) is 0 Å². The molecule has 1 aliphatic rings. The molecule has 0 radical (unpaired) electrons. The Morgan fingerprint density at radius 3 is 2.30 bits per heavy atom. The molecule has 0 aliphatic carbocycles. The minimum absolute atomic E-state index is 0.0228. The zero-order valence-electron chi connectivity index (χ0n) is 17.4. The molecule has 0 spiro atoms. The van der Waals surface area contributed by atoms with E-state index in [4.69, 9.17) is 0 Å². The van der Waals surface area contributed by atoms with Crippen LogP contribution < -0.4 is 5.32 Å². The summed E-state index contributed by atoms with van der Waals surface area (Å²) in [4.78, 5) is 31.2. The molecule has 1 heterocycles. The third-order valence-corrected chi connectivity index (χ3v) is 5.45. The molecule has 150 valence electrons. The quantitative estimate of drug-likeness (QED) is 0.794. The molecule has 1 aromatic carbocycles. The zero-order chi connectivity index (χ0) is 20.0. The summed E-state index contributed by atoms with van der Waals surface area (Å²) < 4.78 is 0. The van der Waals surface area contributed by atoms with E-state index in [0.717, 1.165) is 50.5 Å². The predicted molar refractivity (Wildman–Crippen MR) is 110 cm³/mol. The van der Waals surface area contributed by atoms with Crippen LogP contribution in [0.3, 0.4) is 0 Å². The van der Waals surface area contributed by atoms with E-state index >= 15 is 0 Å². The molecule has 1 atom stereocenters. The average Bonchev–Trinajstić information content (AvgIpc) is 2.65. The Labute approximate surface area is 163 Å². The molecule has 27 heavy (non-hydrogen) atoms. The Balaban J connectivity index is 1.84. The molecule has 1 saturated heterocycles. The number of nitrogens with zero attached hydrogens (tertiary/aromatic N) is 3. The fraction of sp³-hybridized carbons (Fsp3) is 0.619. The van der Waals surface area contributed by atoms with E-state index in [1.165, 1.54) is 5.56 Å². The Hall–Kier alpha value is -1.92. The van der Waals surface area contributed by atoms with Gasteiger partial charge in [0.1, 0.15) is 0 Å². The maximum absolute atomic E-state index is 12.6. The normalized spacial score (nSPS) is 16.8. The summed E-state index contributed by atoms with van der Waals surface area (Å²) in [7, 11) is 0. The first-order chi connectivity index (χ1) is 12.8. The molecule has 1 fully saturated rings. The lowest BCUT2D eigenvalue weighted by Gasteiger charge is -2.37. The first-order valence-corrected chi connectivity index (χ1v) is 9.98. The van der Waals surface area contributed by atoms with E-state index in [0.29, 0.717) is 6.54 Å². The highest BCUT2D eigenvalue weighted by molar-refractivity contribution is 5.95. The van der Waals surface area contributed by atoms with Gasteiger partial charge in [-0.2, -0.15) is 0 Å². The number of aryl methyl sites for hydroxylation is 2. The first kappa shape index (κ1) is 21.4. The van der Waals surface area contributed by atoms with Crippen molar-refractivity contribution in [2.45, 2.75) is 40.7 Å². The first-order valence-electron chi connectivity index (χ1n) is 9.98. The number of benzene rings is 1. The van der Waals surface area contributed by atoms with E-state index < -0.39 is 0 Å². The Kier molecular flexibility index (Phi) is 7.80. The van der Waals surface area contributed by atoms with Gasteiger partial charge in [-0.15, -0.1) is 0 Å². The number of amides is 2. The number of carbonyl (C=O) groups is 2. The van der Waals surface area contributed by atoms with Crippen LogP contribution >= 0.6 is 0 Å². The van der Waals surface area contributed by atoms with Crippen molar-refractivity contribution >= 4 is 17.5 Å². The summed E-state index contributed by atoms with van der Waals surface area (Å²) >= 11 is 0. The van der Waals surface area contributed by atoms with Crippen LogP contribution in [0.5, 0.6) is 0 Å². The zero-order valence-corrected chi connectivity index (χ0v) is 17.4. The van der Waals surface area contributed by atoms with Gasteiger partial charge in [-0.25, -0.2) is 0 Å². The molecule has 0 aromatic heterocycles. The Morgan fingerprint density at radius 2 is 1.74 bits per heavy atom. The van der Waals surface area contributed by atoms with Crippen molar-refractivity contribution in [2.24, 2.45) is 0 Å². The van der Waals surface area contributed by atoms with Crippen molar-refractivity contribution in [1.82, 2.24) is 14.7 Å². The second-order valence-corrected chi connectivity index (χ2v) is 7.36. The molecule has 0 saturated carbocycles. The molecule has 6 nitrogen and oxygen atoms in total. The van der Waals surface area contributed by atoms with E-state index in [9.17, 15) is 9.59 Å². The Morgan fingerprint density at radius 1 is 1.11 bits per heavy atom. The van der Waals surface area contributed by atoms with Crippen LogP contribution in [-0.4, -0.2) is 78.4 Å². The number of rotatable bonds is 7. The van der Waals surface area contributed by atoms with Gasteiger partial charge >= 0.3 is 0 Å². The van der Waals surface area contributed by atoms with Crippen molar-refractivity contribution < 1.29 is 9.59 Å². The second-order valence-electron chi connectivity index (χ2n) is 7.36. The van der Waals surface area contributed by atoms with Crippen molar-refractivity contribution in [3.8, 4) is 0 Å². The lowest BCUT2D eigenvalue weighted by atomic mass is 10.1. The summed E-state index contributed by atoms with van der Waals surface area (Å²) in [5, 5.41) is 3.05. The third-order valence-electron chi connectivity index (χ3n) is 5.45. The van der Waals surface area contributed by atoms with E-state index in [2.05, 4.69) is 21.2 Å². The summed E-state index contributed by atoms with van der Waals surface area (Å²) in [6.45, 7) is 15.2. The van der Waals surface area contributed by atoms with Crippen LogP contribution in [0, 0.1) is 13.8 Å². The van der Waals surface area contributed by atoms with Gasteiger partial charge in [0, 0.05) is 45.0 Å². The van der Waals surface area contributed by atoms with Crippen LogP contribution in [0.1, 0.15) is 31.9 Å². The van der Waals surface area contributed by atoms with Crippen LogP contribution in [0.2, 0.25) is 0 Å². The molecule has 1 unspecified atom stereocenters. The summed E-state index contributed by atoms with van der Waals surface area (Å²) in [5.74, 6) is 0.212. The van der Waals surface area contributed by atoms with Gasteiger partial charge in [0.25, 0.3) is 0 Å². The number of anilines is 1. The van der Waals surface area contributed by atoms with Gasteiger partial charge < -0.3 is 10.2 Å². The van der Waals surface area contributed by atoms with Gasteiger partial charge in [0.2, 0.25) is 11.8 Å². The van der Waals surface area contributed by atoms with Gasteiger partial charge in [-0.3, -0.25) is 19.4 Å². The number of piperazine rings is 1. The molecule has 2 amide bonds. The van der Waals surface area contributed by atoms with Crippen LogP contribution in [0.25, 0.3) is 0 Å². The number of nitrogens with one attached hydrogen (secondary N) is 1. The molecule has 1 N–H and O–H groups in total. The van der Waals surface area contributed by atoms with Crippen molar-refractivity contribution in [3.63, 3.8) is 0 Å². The standard InChI is InChI=1S/C21H34N4O2/c1-6-24(7-2)20(26)15-23-10-12-25(13-11-23)18(5)21(27)22-19-9-8-16(3)14-17(19)4/h8-9,14,18H,6-7,10-13,15H2,1-5H3,(H,22,27). The molecular formula is C21H34N4O2. The number of hydrogen-bond acceptors (Lipinski definition) is 4. The van der Waals surface area contributed by atoms with Crippen molar-refractivity contribution in [3.05, 3.63) is 29.3 Å². The van der Waals surface area contributed by atoms with Crippen LogP contribution in [0.15, 0.2) is 18.2 Å². The molecule has 6 heteroatoms. The maximum Gasteiger partial charge on any atom is 0.241 e. The van der Waals surface area contributed by atoms with E-state index in [-0.39, 0.29) is 17.9 Å². The fourth-order valence-electron chi connectivity index (χ4n) is 3.53. The number of likely N-dealkylation sites (N-methyl/N-ethyl adjacent to an activating group) is 1. The lowest BCUT2D eigenvalue weighted by molar-refractivity contribution is -0.133. The molecule has 1 aromatic rings. The fourth-order valence-corrected chi connectivity index (χ4v) is 3.53. The highest BCUT2D eigenvalue weighted by atomic mass is 16.2. The SMILES string of the molecule is CCN(CC)C(=O)CN1CCN(C(C)C(=O)Nc2ccc(C)cc2C)CC1. The van der Waals surface area contributed by atoms with Crippen LogP contribution in [-0.2, 0) is 9.59 Å². The smallest absolute Gasteiger partial charge is 0.241 e. The Bertz CT molecular complexity index is 650. The predicted octanol–water partition coefficient (Wildman–Crippen LogP) is 2.12. The molecule has 0 bridgehead atoms. The number of carbonyl (C=O) groups excluding carboxylic acids is 2. The highest BCUT2D eigenvalue weighted by Crippen LogP contribution is 2.17. The van der Waals surface area contributed by atoms with Gasteiger partial charge in [-0.05, 0) is 46.2 Å². The summed E-state index contributed by atoms with van der Waals surface area (Å²) in [6, 6.07) is 5.86. The monoisotopic (exact) mass is 374 g/mol. The second kappa shape index (κ2) is 9.85. The van der Waals surface area contributed by atoms with E-state index in [1.54, 1.807) is 0 Å². The molecular weight excluding hydrogens is 340 g/mol. The van der Waals surface area contributed by atoms with E-state index in [1.807, 2.05) is 51.7 Å². The summed E-state index contributed by atoms with van der Waals surface area (Å²) in [6.07, 6.45) is 0. The van der Waals surface area contributed by atoms with Gasteiger partial charge in [0.05, 0.1) is 12.6 Å². The highest BCUT2D eigenvalue weighted by Gasteiger charge is 2.27. The summed E-state index contributed by atoms with van der Waals surface area (Å²) in [5.41, 5.74) is 3.14. The number of hydrogen-bond donors (Lipinski definition) is 1. The molecule has 2 rings (SSSR count).